The number of methoxy groups -OCH3 is 1. The van der Waals surface area contributed by atoms with Crippen LogP contribution in [0.15, 0.2) is 12.4 Å². The van der Waals surface area contributed by atoms with Crippen molar-refractivity contribution in [3.8, 4) is 0 Å². The van der Waals surface area contributed by atoms with Crippen LogP contribution in [-0.2, 0) is 4.74 Å². The summed E-state index contributed by atoms with van der Waals surface area (Å²) in [6.07, 6.45) is 3.46. The van der Waals surface area contributed by atoms with Gasteiger partial charge >= 0.3 is 0 Å². The summed E-state index contributed by atoms with van der Waals surface area (Å²) in [5.74, 6) is 0.514. The van der Waals surface area contributed by atoms with Crippen LogP contribution in [-0.4, -0.2) is 42.4 Å². The number of ether oxygens (including phenoxy) is 1. The molecule has 0 N–H and O–H groups in total. The number of aromatic nitrogens is 2. The molecule has 0 aliphatic carbocycles. The predicted molar refractivity (Wildman–Crippen MR) is 59.6 cm³/mol. The Morgan fingerprint density at radius 1 is 1.56 bits per heavy atom. The van der Waals surface area contributed by atoms with E-state index in [0.717, 1.165) is 0 Å². The van der Waals surface area contributed by atoms with Gasteiger partial charge in [-0.05, 0) is 0 Å². The Morgan fingerprint density at radius 3 is 2.88 bits per heavy atom. The lowest BCUT2D eigenvalue weighted by molar-refractivity contribution is 0.0570. The Bertz CT molecular complexity index is 362. The van der Waals surface area contributed by atoms with Crippen LogP contribution < -0.4 is 4.90 Å². The molecule has 1 atom stereocenters. The Labute approximate surface area is 98.4 Å². The van der Waals surface area contributed by atoms with Gasteiger partial charge in [0, 0.05) is 20.1 Å². The first kappa shape index (κ1) is 11.5. The smallest absolute Gasteiger partial charge is 0.225 e. The van der Waals surface area contributed by atoms with Crippen molar-refractivity contribution in [3.05, 3.63) is 17.4 Å². The first-order chi connectivity index (χ1) is 7.63. The molecular formula is C10H13ClFN3O. The summed E-state index contributed by atoms with van der Waals surface area (Å²) in [5.41, 5.74) is -1.29. The minimum Gasteiger partial charge on any atom is -0.381 e. The van der Waals surface area contributed by atoms with Gasteiger partial charge in [-0.25, -0.2) is 14.4 Å². The number of hydrogen-bond donors (Lipinski definition) is 0. The van der Waals surface area contributed by atoms with Crippen LogP contribution in [0.2, 0.25) is 5.02 Å². The van der Waals surface area contributed by atoms with Crippen LogP contribution in [0.3, 0.4) is 0 Å². The molecule has 2 rings (SSSR count). The van der Waals surface area contributed by atoms with E-state index in [9.17, 15) is 4.39 Å². The van der Waals surface area contributed by atoms with Gasteiger partial charge in [0.25, 0.3) is 0 Å². The van der Waals surface area contributed by atoms with Crippen LogP contribution in [0.25, 0.3) is 0 Å². The lowest BCUT2D eigenvalue weighted by atomic mass is 10.1. The molecule has 1 aliphatic rings. The SMILES string of the molecule is COCC1(F)CCN(c2ncc(Cl)cn2)C1. The van der Waals surface area contributed by atoms with E-state index >= 15 is 0 Å². The first-order valence-corrected chi connectivity index (χ1v) is 5.41. The van der Waals surface area contributed by atoms with Crippen molar-refractivity contribution in [1.82, 2.24) is 9.97 Å². The maximum Gasteiger partial charge on any atom is 0.225 e. The Morgan fingerprint density at radius 2 is 2.25 bits per heavy atom. The summed E-state index contributed by atoms with van der Waals surface area (Å²) < 4.78 is 18.9. The van der Waals surface area contributed by atoms with Gasteiger partial charge < -0.3 is 9.64 Å². The maximum atomic E-state index is 14.1. The summed E-state index contributed by atoms with van der Waals surface area (Å²) >= 11 is 5.69. The van der Waals surface area contributed by atoms with Gasteiger partial charge in [0.15, 0.2) is 5.67 Å². The molecule has 88 valence electrons. The Kier molecular flexibility index (Phi) is 3.25. The van der Waals surface area contributed by atoms with Crippen molar-refractivity contribution in [3.63, 3.8) is 0 Å². The van der Waals surface area contributed by atoms with Crippen LogP contribution in [0.5, 0.6) is 0 Å². The summed E-state index contributed by atoms with van der Waals surface area (Å²) in [7, 11) is 1.50. The van der Waals surface area contributed by atoms with Gasteiger partial charge in [0.2, 0.25) is 5.95 Å². The molecule has 1 aromatic rings. The van der Waals surface area contributed by atoms with E-state index in [-0.39, 0.29) is 13.2 Å². The fourth-order valence-electron chi connectivity index (χ4n) is 1.85. The van der Waals surface area contributed by atoms with Crippen molar-refractivity contribution in [2.45, 2.75) is 12.1 Å². The summed E-state index contributed by atoms with van der Waals surface area (Å²) in [4.78, 5) is 9.92. The molecule has 4 nitrogen and oxygen atoms in total. The lowest BCUT2D eigenvalue weighted by Gasteiger charge is -2.19. The highest BCUT2D eigenvalue weighted by Crippen LogP contribution is 2.28. The number of anilines is 1. The fraction of sp³-hybridized carbons (Fsp3) is 0.600. The van der Waals surface area contributed by atoms with Gasteiger partial charge in [-0.3, -0.25) is 0 Å². The van der Waals surface area contributed by atoms with Crippen molar-refractivity contribution in [2.24, 2.45) is 0 Å². The number of halogens is 2. The van der Waals surface area contributed by atoms with Gasteiger partial charge in [-0.2, -0.15) is 0 Å². The Balaban J connectivity index is 2.06. The normalized spacial score (nSPS) is 25.1. The number of nitrogens with zero attached hydrogens (tertiary/aromatic N) is 3. The first-order valence-electron chi connectivity index (χ1n) is 5.03. The molecule has 0 spiro atoms. The van der Waals surface area contributed by atoms with Crippen molar-refractivity contribution < 1.29 is 9.13 Å². The minimum atomic E-state index is -1.29. The fourth-order valence-corrected chi connectivity index (χ4v) is 1.95. The standard InChI is InChI=1S/C10H13ClFN3O/c1-16-7-10(12)2-3-15(6-10)9-13-4-8(11)5-14-9/h4-5H,2-3,6-7H2,1H3. The van der Waals surface area contributed by atoms with Gasteiger partial charge in [0.05, 0.1) is 30.6 Å². The minimum absolute atomic E-state index is 0.108. The predicted octanol–water partition coefficient (Wildman–Crippen LogP) is 1.69. The second kappa shape index (κ2) is 4.51. The topological polar surface area (TPSA) is 38.2 Å². The zero-order valence-corrected chi connectivity index (χ0v) is 9.74. The second-order valence-electron chi connectivity index (χ2n) is 3.96. The molecule has 1 saturated heterocycles. The largest absolute Gasteiger partial charge is 0.381 e. The van der Waals surface area contributed by atoms with Gasteiger partial charge in [-0.1, -0.05) is 11.6 Å². The summed E-state index contributed by atoms with van der Waals surface area (Å²) in [6.45, 7) is 0.973. The van der Waals surface area contributed by atoms with E-state index in [1.807, 2.05) is 0 Å². The molecule has 0 aromatic carbocycles. The molecule has 16 heavy (non-hydrogen) atoms. The zero-order valence-electron chi connectivity index (χ0n) is 8.99. The molecule has 1 aliphatic heterocycles. The van der Waals surface area contributed by atoms with E-state index in [1.54, 1.807) is 4.90 Å². The van der Waals surface area contributed by atoms with E-state index in [0.29, 0.717) is 23.9 Å². The highest BCUT2D eigenvalue weighted by molar-refractivity contribution is 6.30. The highest BCUT2D eigenvalue weighted by Gasteiger charge is 2.39. The monoisotopic (exact) mass is 245 g/mol. The maximum absolute atomic E-state index is 14.1. The van der Waals surface area contributed by atoms with E-state index < -0.39 is 5.67 Å². The molecule has 6 heteroatoms. The molecule has 1 fully saturated rings. The van der Waals surface area contributed by atoms with E-state index in [2.05, 4.69) is 9.97 Å². The van der Waals surface area contributed by atoms with Crippen molar-refractivity contribution >= 4 is 17.5 Å². The quantitative estimate of drug-likeness (QED) is 0.813. The van der Waals surface area contributed by atoms with Crippen LogP contribution >= 0.6 is 11.6 Å². The molecule has 2 heterocycles. The van der Waals surface area contributed by atoms with Crippen molar-refractivity contribution in [1.29, 1.82) is 0 Å². The number of rotatable bonds is 3. The zero-order chi connectivity index (χ0) is 11.6. The van der Waals surface area contributed by atoms with Crippen LogP contribution in [0, 0.1) is 0 Å². The van der Waals surface area contributed by atoms with E-state index in [1.165, 1.54) is 19.5 Å². The van der Waals surface area contributed by atoms with Gasteiger partial charge in [0.1, 0.15) is 0 Å². The third kappa shape index (κ3) is 2.41. The van der Waals surface area contributed by atoms with Gasteiger partial charge in [-0.15, -0.1) is 0 Å². The summed E-state index contributed by atoms with van der Waals surface area (Å²) in [5, 5.41) is 0.478. The molecular weight excluding hydrogens is 233 g/mol. The second-order valence-corrected chi connectivity index (χ2v) is 4.39. The van der Waals surface area contributed by atoms with Crippen LogP contribution in [0.1, 0.15) is 6.42 Å². The molecule has 0 amide bonds. The van der Waals surface area contributed by atoms with Crippen molar-refractivity contribution in [2.75, 3.05) is 31.7 Å². The molecule has 1 unspecified atom stereocenters. The highest BCUT2D eigenvalue weighted by atomic mass is 35.5. The Hall–Kier alpha value is -0.940. The number of alkyl halides is 1. The molecule has 0 radical (unpaired) electrons. The summed E-state index contributed by atoms with van der Waals surface area (Å²) in [6, 6.07) is 0. The lowest BCUT2D eigenvalue weighted by Crippen LogP contribution is -2.33. The average molecular weight is 246 g/mol. The third-order valence-corrected chi connectivity index (χ3v) is 2.79. The molecule has 0 saturated carbocycles. The average Bonchev–Trinajstić information content (AvgIpc) is 2.62. The van der Waals surface area contributed by atoms with E-state index in [4.69, 9.17) is 16.3 Å². The molecule has 0 bridgehead atoms. The third-order valence-electron chi connectivity index (χ3n) is 2.60. The number of hydrogen-bond acceptors (Lipinski definition) is 4. The van der Waals surface area contributed by atoms with Crippen LogP contribution in [0.4, 0.5) is 10.3 Å². The molecule has 1 aromatic heterocycles.